The number of esters is 1. The Balaban J connectivity index is 1.73. The molecule has 8 nitrogen and oxygen atoms in total. The fourth-order valence-electron chi connectivity index (χ4n) is 2.84. The molecule has 0 saturated carbocycles. The SMILES string of the molecule is COc1ccc(OC)c(C(=O)/C=C/c2cccc(OC(=O)c3ccc([N+](=O)[O-])cc3)c2)c1. The molecule has 32 heavy (non-hydrogen) atoms. The van der Waals surface area contributed by atoms with Gasteiger partial charge >= 0.3 is 5.97 Å². The van der Waals surface area contributed by atoms with Crippen LogP contribution in [-0.4, -0.2) is 30.9 Å². The fraction of sp³-hybridized carbons (Fsp3) is 0.0833. The van der Waals surface area contributed by atoms with Crippen molar-refractivity contribution in [3.63, 3.8) is 0 Å². The number of nitro benzene ring substituents is 1. The predicted octanol–water partition coefficient (Wildman–Crippen LogP) is 4.73. The Hall–Kier alpha value is -4.46. The van der Waals surface area contributed by atoms with Crippen LogP contribution in [0, 0.1) is 10.1 Å². The number of carbonyl (C=O) groups is 2. The van der Waals surface area contributed by atoms with E-state index in [1.807, 2.05) is 0 Å². The van der Waals surface area contributed by atoms with Crippen molar-refractivity contribution >= 4 is 23.5 Å². The van der Waals surface area contributed by atoms with Crippen molar-refractivity contribution in [2.75, 3.05) is 14.2 Å². The lowest BCUT2D eigenvalue weighted by atomic mass is 10.1. The number of allylic oxidation sites excluding steroid dienone is 1. The van der Waals surface area contributed by atoms with Gasteiger partial charge in [-0.05, 0) is 54.1 Å². The van der Waals surface area contributed by atoms with Crippen molar-refractivity contribution in [2.45, 2.75) is 0 Å². The zero-order valence-electron chi connectivity index (χ0n) is 17.3. The van der Waals surface area contributed by atoms with Gasteiger partial charge in [0, 0.05) is 12.1 Å². The molecule has 0 aliphatic rings. The molecule has 0 bridgehead atoms. The Kier molecular flexibility index (Phi) is 6.97. The second-order valence-corrected chi connectivity index (χ2v) is 6.53. The van der Waals surface area contributed by atoms with E-state index in [4.69, 9.17) is 14.2 Å². The quantitative estimate of drug-likeness (QED) is 0.126. The van der Waals surface area contributed by atoms with E-state index >= 15 is 0 Å². The van der Waals surface area contributed by atoms with Gasteiger partial charge in [-0.3, -0.25) is 14.9 Å². The highest BCUT2D eigenvalue weighted by atomic mass is 16.6. The van der Waals surface area contributed by atoms with Crippen LogP contribution in [0.1, 0.15) is 26.3 Å². The fourth-order valence-corrected chi connectivity index (χ4v) is 2.84. The van der Waals surface area contributed by atoms with Gasteiger partial charge < -0.3 is 14.2 Å². The molecule has 3 aromatic rings. The highest BCUT2D eigenvalue weighted by Gasteiger charge is 2.13. The summed E-state index contributed by atoms with van der Waals surface area (Å²) in [6.07, 6.45) is 2.97. The average molecular weight is 433 g/mol. The molecular weight excluding hydrogens is 414 g/mol. The lowest BCUT2D eigenvalue weighted by Crippen LogP contribution is -2.08. The van der Waals surface area contributed by atoms with Gasteiger partial charge in [-0.2, -0.15) is 0 Å². The summed E-state index contributed by atoms with van der Waals surface area (Å²) in [6, 6.07) is 16.7. The Morgan fingerprint density at radius 2 is 1.66 bits per heavy atom. The van der Waals surface area contributed by atoms with Gasteiger partial charge in [-0.25, -0.2) is 4.79 Å². The molecule has 0 spiro atoms. The van der Waals surface area contributed by atoms with Gasteiger partial charge in [0.05, 0.1) is 30.3 Å². The van der Waals surface area contributed by atoms with Gasteiger partial charge in [0.25, 0.3) is 5.69 Å². The number of carbonyl (C=O) groups excluding carboxylic acids is 2. The van der Waals surface area contributed by atoms with Crippen LogP contribution >= 0.6 is 0 Å². The molecule has 0 heterocycles. The number of methoxy groups -OCH3 is 2. The number of benzene rings is 3. The number of rotatable bonds is 8. The first-order chi connectivity index (χ1) is 15.4. The van der Waals surface area contributed by atoms with Crippen LogP contribution < -0.4 is 14.2 Å². The number of nitrogens with zero attached hydrogens (tertiary/aromatic N) is 1. The molecule has 0 atom stereocenters. The van der Waals surface area contributed by atoms with E-state index in [-0.39, 0.29) is 22.8 Å². The summed E-state index contributed by atoms with van der Waals surface area (Å²) in [6.45, 7) is 0. The standard InChI is InChI=1S/C24H19NO7/c1-30-19-11-13-23(31-2)21(15-19)22(26)12-6-16-4-3-5-20(14-16)32-24(27)17-7-9-18(10-8-17)25(28)29/h3-15H,1-2H3/b12-6+. The van der Waals surface area contributed by atoms with Gasteiger partial charge in [0.15, 0.2) is 5.78 Å². The maximum Gasteiger partial charge on any atom is 0.343 e. The first-order valence-electron chi connectivity index (χ1n) is 9.42. The van der Waals surface area contributed by atoms with Gasteiger partial charge in [-0.1, -0.05) is 18.2 Å². The Labute approximate surface area is 183 Å². The normalized spacial score (nSPS) is 10.6. The Morgan fingerprint density at radius 3 is 2.31 bits per heavy atom. The lowest BCUT2D eigenvalue weighted by molar-refractivity contribution is -0.384. The Bertz CT molecular complexity index is 1180. The van der Waals surface area contributed by atoms with Crippen LogP contribution in [0.5, 0.6) is 17.2 Å². The topological polar surface area (TPSA) is 105 Å². The number of hydrogen-bond acceptors (Lipinski definition) is 7. The molecule has 0 aliphatic heterocycles. The summed E-state index contributed by atoms with van der Waals surface area (Å²) in [5, 5.41) is 10.7. The minimum absolute atomic E-state index is 0.119. The second-order valence-electron chi connectivity index (χ2n) is 6.53. The van der Waals surface area contributed by atoms with Crippen molar-refractivity contribution in [3.8, 4) is 17.2 Å². The van der Waals surface area contributed by atoms with E-state index in [0.717, 1.165) is 0 Å². The van der Waals surface area contributed by atoms with Crippen LogP contribution in [0.2, 0.25) is 0 Å². The van der Waals surface area contributed by atoms with Crippen LogP contribution in [0.25, 0.3) is 6.08 Å². The predicted molar refractivity (Wildman–Crippen MR) is 117 cm³/mol. The van der Waals surface area contributed by atoms with Gasteiger partial charge in [0.1, 0.15) is 17.2 Å². The van der Waals surface area contributed by atoms with Crippen molar-refractivity contribution in [3.05, 3.63) is 99.6 Å². The summed E-state index contributed by atoms with van der Waals surface area (Å²) in [7, 11) is 2.99. The molecule has 0 amide bonds. The highest BCUT2D eigenvalue weighted by molar-refractivity contribution is 6.09. The van der Waals surface area contributed by atoms with E-state index < -0.39 is 10.9 Å². The lowest BCUT2D eigenvalue weighted by Gasteiger charge is -2.08. The van der Waals surface area contributed by atoms with E-state index in [1.54, 1.807) is 48.5 Å². The average Bonchev–Trinajstić information content (AvgIpc) is 2.82. The minimum atomic E-state index is -0.654. The zero-order chi connectivity index (χ0) is 23.1. The largest absolute Gasteiger partial charge is 0.497 e. The van der Waals surface area contributed by atoms with E-state index in [2.05, 4.69) is 0 Å². The van der Waals surface area contributed by atoms with E-state index in [1.165, 1.54) is 44.6 Å². The molecule has 0 aliphatic carbocycles. The molecule has 0 fully saturated rings. The number of hydrogen-bond donors (Lipinski definition) is 0. The van der Waals surface area contributed by atoms with Crippen LogP contribution in [0.15, 0.2) is 72.8 Å². The minimum Gasteiger partial charge on any atom is -0.497 e. The molecular formula is C24H19NO7. The van der Waals surface area contributed by atoms with Crippen molar-refractivity contribution in [1.29, 1.82) is 0 Å². The third kappa shape index (κ3) is 5.37. The second kappa shape index (κ2) is 10.0. The summed E-state index contributed by atoms with van der Waals surface area (Å²) in [5.41, 5.74) is 1.04. The maximum absolute atomic E-state index is 12.6. The zero-order valence-corrected chi connectivity index (χ0v) is 17.3. The van der Waals surface area contributed by atoms with Gasteiger partial charge in [0.2, 0.25) is 0 Å². The smallest absolute Gasteiger partial charge is 0.343 e. The van der Waals surface area contributed by atoms with Crippen LogP contribution in [-0.2, 0) is 0 Å². The molecule has 0 saturated heterocycles. The van der Waals surface area contributed by atoms with Crippen LogP contribution in [0.3, 0.4) is 0 Å². The summed E-state index contributed by atoms with van der Waals surface area (Å²) >= 11 is 0. The molecule has 0 unspecified atom stereocenters. The number of ketones is 1. The first kappa shape index (κ1) is 22.2. The van der Waals surface area contributed by atoms with E-state index in [0.29, 0.717) is 22.6 Å². The third-order valence-electron chi connectivity index (χ3n) is 4.48. The Morgan fingerprint density at radius 1 is 0.906 bits per heavy atom. The third-order valence-corrected chi connectivity index (χ3v) is 4.48. The monoisotopic (exact) mass is 433 g/mol. The van der Waals surface area contributed by atoms with Crippen molar-refractivity contribution in [1.82, 2.24) is 0 Å². The van der Waals surface area contributed by atoms with Gasteiger partial charge in [-0.15, -0.1) is 0 Å². The summed E-state index contributed by atoms with van der Waals surface area (Å²) in [5.74, 6) is 0.281. The molecule has 0 N–H and O–H groups in total. The van der Waals surface area contributed by atoms with E-state index in [9.17, 15) is 19.7 Å². The molecule has 162 valence electrons. The molecule has 8 heteroatoms. The molecule has 0 aromatic heterocycles. The summed E-state index contributed by atoms with van der Waals surface area (Å²) < 4.78 is 15.7. The molecule has 3 aromatic carbocycles. The molecule has 0 radical (unpaired) electrons. The van der Waals surface area contributed by atoms with Crippen molar-refractivity contribution < 1.29 is 28.7 Å². The van der Waals surface area contributed by atoms with Crippen molar-refractivity contribution in [2.24, 2.45) is 0 Å². The summed E-state index contributed by atoms with van der Waals surface area (Å²) in [4.78, 5) is 35.1. The molecule has 3 rings (SSSR count). The number of non-ortho nitro benzene ring substituents is 1. The highest BCUT2D eigenvalue weighted by Crippen LogP contribution is 2.25. The number of nitro groups is 1. The van der Waals surface area contributed by atoms with Crippen LogP contribution in [0.4, 0.5) is 5.69 Å². The first-order valence-corrected chi connectivity index (χ1v) is 9.42. The maximum atomic E-state index is 12.6. The number of ether oxygens (including phenoxy) is 3.